The van der Waals surface area contributed by atoms with E-state index in [0.717, 1.165) is 56.4 Å². The fraction of sp³-hybridized carbons (Fsp3) is 0.897. The van der Waals surface area contributed by atoms with Crippen molar-refractivity contribution in [3.05, 3.63) is 11.6 Å². The van der Waals surface area contributed by atoms with Gasteiger partial charge in [0.15, 0.2) is 0 Å². The Morgan fingerprint density at radius 2 is 1.91 bits per heavy atom. The zero-order valence-corrected chi connectivity index (χ0v) is 21.5. The molecule has 33 heavy (non-hydrogen) atoms. The average molecular weight is 456 g/mol. The van der Waals surface area contributed by atoms with E-state index in [9.17, 15) is 9.90 Å². The van der Waals surface area contributed by atoms with Crippen molar-refractivity contribution in [3.63, 3.8) is 0 Å². The van der Waals surface area contributed by atoms with Gasteiger partial charge in [0.05, 0.1) is 12.2 Å². The van der Waals surface area contributed by atoms with Crippen molar-refractivity contribution in [1.82, 2.24) is 4.90 Å². The van der Waals surface area contributed by atoms with Crippen LogP contribution in [0.25, 0.3) is 0 Å². The summed E-state index contributed by atoms with van der Waals surface area (Å²) in [6, 6.07) is 0. The summed E-state index contributed by atoms with van der Waals surface area (Å²) < 4.78 is 7.09. The van der Waals surface area contributed by atoms with Gasteiger partial charge in [-0.05, 0) is 98.2 Å². The number of rotatable bonds is 0. The van der Waals surface area contributed by atoms with Gasteiger partial charge in [0, 0.05) is 19.4 Å². The summed E-state index contributed by atoms with van der Waals surface area (Å²) >= 11 is 0. The second kappa shape index (κ2) is 7.32. The first-order valence-electron chi connectivity index (χ1n) is 13.9. The van der Waals surface area contributed by atoms with Gasteiger partial charge in [0.2, 0.25) is 5.91 Å². The predicted octanol–water partition coefficient (Wildman–Crippen LogP) is 5.55. The van der Waals surface area contributed by atoms with Crippen LogP contribution in [0.1, 0.15) is 92.4 Å². The van der Waals surface area contributed by atoms with Crippen molar-refractivity contribution in [2.45, 2.75) is 110 Å². The van der Waals surface area contributed by atoms with Crippen LogP contribution in [0.3, 0.4) is 0 Å². The monoisotopic (exact) mass is 455 g/mol. The number of carbonyl (C=O) groups excluding carboxylic acids is 1. The van der Waals surface area contributed by atoms with Gasteiger partial charge in [0.1, 0.15) is 5.72 Å². The molecule has 4 aliphatic carbocycles. The molecule has 184 valence electrons. The molecule has 0 radical (unpaired) electrons. The third kappa shape index (κ3) is 2.92. The molecule has 3 saturated carbocycles. The molecular weight excluding hydrogens is 410 g/mol. The number of fused-ring (bicyclic) bond motifs is 7. The van der Waals surface area contributed by atoms with E-state index < -0.39 is 0 Å². The highest BCUT2D eigenvalue weighted by Gasteiger charge is 2.69. The number of allylic oxidation sites excluding steroid dienone is 1. The summed E-state index contributed by atoms with van der Waals surface area (Å²) in [5, 5.41) is 10.3. The molecule has 6 rings (SSSR count). The van der Waals surface area contributed by atoms with Gasteiger partial charge in [-0.25, -0.2) is 0 Å². The smallest absolute Gasteiger partial charge is 0.221 e. The van der Waals surface area contributed by atoms with E-state index in [1.165, 1.54) is 25.7 Å². The highest BCUT2D eigenvalue weighted by Crippen LogP contribution is 2.70. The zero-order valence-electron chi connectivity index (χ0n) is 21.5. The molecule has 6 aliphatic rings. The molecule has 1 N–H and O–H groups in total. The van der Waals surface area contributed by atoms with E-state index in [2.05, 4.69) is 38.7 Å². The quantitative estimate of drug-likeness (QED) is 0.488. The fourth-order valence-electron chi connectivity index (χ4n) is 10.5. The topological polar surface area (TPSA) is 49.8 Å². The predicted molar refractivity (Wildman–Crippen MR) is 129 cm³/mol. The van der Waals surface area contributed by atoms with Crippen molar-refractivity contribution >= 4 is 5.91 Å². The van der Waals surface area contributed by atoms with Crippen LogP contribution < -0.4 is 0 Å². The van der Waals surface area contributed by atoms with Crippen LogP contribution in [-0.2, 0) is 9.53 Å². The molecule has 0 bridgehead atoms. The Kier molecular flexibility index (Phi) is 5.01. The van der Waals surface area contributed by atoms with Crippen LogP contribution in [0.4, 0.5) is 0 Å². The number of piperidine rings is 1. The summed E-state index contributed by atoms with van der Waals surface area (Å²) in [4.78, 5) is 14.9. The molecule has 2 saturated heterocycles. The van der Waals surface area contributed by atoms with E-state index >= 15 is 0 Å². The lowest BCUT2D eigenvalue weighted by atomic mass is 9.47. The number of amides is 1. The van der Waals surface area contributed by atoms with Gasteiger partial charge in [0.25, 0.3) is 0 Å². The normalized spacial score (nSPS) is 55.5. The van der Waals surface area contributed by atoms with Crippen molar-refractivity contribution in [1.29, 1.82) is 0 Å². The van der Waals surface area contributed by atoms with Gasteiger partial charge in [-0.2, -0.15) is 0 Å². The Morgan fingerprint density at radius 1 is 1.12 bits per heavy atom. The second-order valence-corrected chi connectivity index (χ2v) is 13.5. The maximum atomic E-state index is 12.7. The number of ether oxygens (including phenoxy) is 1. The molecule has 1 amide bonds. The van der Waals surface area contributed by atoms with Gasteiger partial charge >= 0.3 is 0 Å². The maximum Gasteiger partial charge on any atom is 0.221 e. The molecule has 4 heteroatoms. The van der Waals surface area contributed by atoms with Crippen molar-refractivity contribution < 1.29 is 14.6 Å². The molecule has 4 nitrogen and oxygen atoms in total. The minimum atomic E-state index is -0.371. The lowest BCUT2D eigenvalue weighted by Crippen LogP contribution is -2.60. The second-order valence-electron chi connectivity index (χ2n) is 13.5. The summed E-state index contributed by atoms with van der Waals surface area (Å²) in [6.07, 6.45) is 12.9. The lowest BCUT2D eigenvalue weighted by Gasteiger charge is -2.59. The van der Waals surface area contributed by atoms with E-state index in [4.69, 9.17) is 4.74 Å². The number of nitrogens with zero attached hydrogens (tertiary/aromatic N) is 1. The molecule has 2 aliphatic heterocycles. The first-order valence-corrected chi connectivity index (χ1v) is 13.9. The van der Waals surface area contributed by atoms with Crippen LogP contribution in [0.2, 0.25) is 0 Å². The first kappa shape index (κ1) is 22.6. The van der Waals surface area contributed by atoms with E-state index in [1.54, 1.807) is 12.5 Å². The molecule has 0 aromatic rings. The van der Waals surface area contributed by atoms with Crippen molar-refractivity contribution in [2.75, 3.05) is 6.54 Å². The van der Waals surface area contributed by atoms with Gasteiger partial charge in [-0.15, -0.1) is 0 Å². The Bertz CT molecular complexity index is 869. The summed E-state index contributed by atoms with van der Waals surface area (Å²) in [5.74, 6) is 3.95. The maximum absolute atomic E-state index is 12.7. The van der Waals surface area contributed by atoms with Gasteiger partial charge in [-0.3, -0.25) is 4.79 Å². The summed E-state index contributed by atoms with van der Waals surface area (Å²) in [6.45, 7) is 12.4. The summed E-state index contributed by atoms with van der Waals surface area (Å²) in [7, 11) is 0. The zero-order chi connectivity index (χ0) is 23.3. The highest BCUT2D eigenvalue weighted by atomic mass is 16.5. The minimum absolute atomic E-state index is 0.131. The van der Waals surface area contributed by atoms with Crippen LogP contribution in [-0.4, -0.2) is 40.4 Å². The van der Waals surface area contributed by atoms with Crippen LogP contribution in [0, 0.1) is 46.3 Å². The highest BCUT2D eigenvalue weighted by molar-refractivity contribution is 5.74. The third-order valence-corrected chi connectivity index (χ3v) is 12.1. The Balaban J connectivity index is 1.30. The Hall–Kier alpha value is -0.870. The van der Waals surface area contributed by atoms with Crippen LogP contribution in [0.15, 0.2) is 11.6 Å². The number of aliphatic hydroxyl groups excluding tert-OH is 1. The van der Waals surface area contributed by atoms with Crippen LogP contribution in [0.5, 0.6) is 0 Å². The van der Waals surface area contributed by atoms with Gasteiger partial charge in [-0.1, -0.05) is 39.3 Å². The molecule has 0 aromatic heterocycles. The molecular formula is C29H45NO3. The Labute approximate surface area is 200 Å². The summed E-state index contributed by atoms with van der Waals surface area (Å²) in [5.41, 5.74) is 1.79. The van der Waals surface area contributed by atoms with E-state index in [1.807, 2.05) is 0 Å². The van der Waals surface area contributed by atoms with Gasteiger partial charge < -0.3 is 14.7 Å². The van der Waals surface area contributed by atoms with E-state index in [0.29, 0.717) is 34.7 Å². The molecule has 11 atom stereocenters. The van der Waals surface area contributed by atoms with E-state index in [-0.39, 0.29) is 17.7 Å². The largest absolute Gasteiger partial charge is 0.393 e. The number of likely N-dealkylation sites (tertiary alicyclic amines) is 1. The third-order valence-electron chi connectivity index (χ3n) is 12.1. The number of hydrogen-bond acceptors (Lipinski definition) is 3. The first-order chi connectivity index (χ1) is 15.6. The van der Waals surface area contributed by atoms with Crippen molar-refractivity contribution in [2.24, 2.45) is 46.3 Å². The Morgan fingerprint density at radius 3 is 2.67 bits per heavy atom. The fourth-order valence-corrected chi connectivity index (χ4v) is 10.5. The molecule has 2 heterocycles. The molecule has 0 aromatic carbocycles. The number of carbonyl (C=O) groups is 1. The number of aliphatic hydroxyl groups is 1. The standard InChI is InChI=1S/C29H45NO3/c1-17-8-13-29(30(16-17)19(3)31)18(2)26-25(33-29)15-24-22-7-6-20-14-21(32)9-11-27(20,4)23(22)10-12-28(24,26)5/h6,17-18,21-26,32H,7-16H2,1-5H3/t17?,18-,21?,22?,23?,24?,25?,26?,27+,28+,29?/m1/s1. The molecule has 1 spiro atoms. The number of hydrogen-bond donors (Lipinski definition) is 1. The molecule has 8 unspecified atom stereocenters. The molecule has 5 fully saturated rings. The van der Waals surface area contributed by atoms with Crippen molar-refractivity contribution in [3.8, 4) is 0 Å². The SMILES string of the molecule is CC(=O)N1CC(C)CCC12OC1CC3C4CC=C5CC(O)CC[C@]5(C)C4CC[C@]3(C)C1[C@H]2C. The minimum Gasteiger partial charge on any atom is -0.393 e. The lowest BCUT2D eigenvalue weighted by molar-refractivity contribution is -0.200. The van der Waals surface area contributed by atoms with Crippen LogP contribution >= 0.6 is 0 Å². The average Bonchev–Trinajstić information content (AvgIpc) is 3.21.